The topological polar surface area (TPSA) is 76.7 Å². The van der Waals surface area contributed by atoms with Gasteiger partial charge >= 0.3 is 0 Å². The van der Waals surface area contributed by atoms with Crippen molar-refractivity contribution in [3.05, 3.63) is 24.5 Å². The third kappa shape index (κ3) is 3.14. The molecule has 2 unspecified atom stereocenters. The lowest BCUT2D eigenvalue weighted by molar-refractivity contribution is 0.321. The van der Waals surface area contributed by atoms with Crippen LogP contribution >= 0.6 is 0 Å². The van der Waals surface area contributed by atoms with Gasteiger partial charge in [-0.2, -0.15) is 4.98 Å². The summed E-state index contributed by atoms with van der Waals surface area (Å²) in [4.78, 5) is 12.4. The van der Waals surface area contributed by atoms with Crippen molar-refractivity contribution in [1.29, 1.82) is 0 Å². The molecule has 0 spiro atoms. The molecule has 0 radical (unpaired) electrons. The van der Waals surface area contributed by atoms with Crippen LogP contribution in [-0.4, -0.2) is 32.7 Å². The van der Waals surface area contributed by atoms with Gasteiger partial charge in [0.05, 0.1) is 5.92 Å². The van der Waals surface area contributed by atoms with Crippen molar-refractivity contribution in [3.8, 4) is 11.5 Å². The fourth-order valence-corrected chi connectivity index (χ4v) is 2.06. The molecular weight excluding hydrogens is 242 g/mol. The molecule has 0 aliphatic rings. The van der Waals surface area contributed by atoms with E-state index in [1.165, 1.54) is 6.33 Å². The highest BCUT2D eigenvalue weighted by Crippen LogP contribution is 2.22. The van der Waals surface area contributed by atoms with E-state index in [9.17, 15) is 0 Å². The summed E-state index contributed by atoms with van der Waals surface area (Å²) in [5.74, 6) is 1.32. The van der Waals surface area contributed by atoms with Crippen LogP contribution in [0.1, 0.15) is 39.0 Å². The van der Waals surface area contributed by atoms with Crippen LogP contribution < -0.4 is 5.32 Å². The number of aromatic nitrogens is 4. The second-order valence-corrected chi connectivity index (χ2v) is 4.41. The van der Waals surface area contributed by atoms with Crippen molar-refractivity contribution in [2.24, 2.45) is 0 Å². The maximum absolute atomic E-state index is 5.35. The Morgan fingerprint density at radius 1 is 1.37 bits per heavy atom. The van der Waals surface area contributed by atoms with Crippen molar-refractivity contribution < 1.29 is 4.52 Å². The van der Waals surface area contributed by atoms with Gasteiger partial charge in [-0.1, -0.05) is 25.9 Å². The smallest absolute Gasteiger partial charge is 0.231 e. The van der Waals surface area contributed by atoms with E-state index in [0.717, 1.165) is 13.0 Å². The van der Waals surface area contributed by atoms with Gasteiger partial charge in [0, 0.05) is 12.2 Å². The van der Waals surface area contributed by atoms with Crippen LogP contribution in [0.2, 0.25) is 0 Å². The molecule has 0 aliphatic heterocycles. The maximum atomic E-state index is 5.35. The molecule has 0 amide bonds. The van der Waals surface area contributed by atoms with Gasteiger partial charge < -0.3 is 9.84 Å². The minimum Gasteiger partial charge on any atom is -0.339 e. The molecule has 102 valence electrons. The van der Waals surface area contributed by atoms with Crippen molar-refractivity contribution in [2.45, 2.75) is 39.2 Å². The van der Waals surface area contributed by atoms with E-state index >= 15 is 0 Å². The molecule has 0 aromatic carbocycles. The first-order valence-corrected chi connectivity index (χ1v) is 6.59. The van der Waals surface area contributed by atoms with Gasteiger partial charge in [-0.15, -0.1) is 0 Å². The Bertz CT molecular complexity index is 499. The van der Waals surface area contributed by atoms with Crippen molar-refractivity contribution in [1.82, 2.24) is 25.4 Å². The first-order valence-electron chi connectivity index (χ1n) is 6.59. The molecular formula is C13H19N5O. The minimum absolute atomic E-state index is 0.174. The van der Waals surface area contributed by atoms with E-state index in [4.69, 9.17) is 4.52 Å². The van der Waals surface area contributed by atoms with E-state index < -0.39 is 0 Å². The fourth-order valence-electron chi connectivity index (χ4n) is 2.06. The molecule has 0 saturated carbocycles. The van der Waals surface area contributed by atoms with Crippen LogP contribution in [0.3, 0.4) is 0 Å². The summed E-state index contributed by atoms with van der Waals surface area (Å²) in [5, 5.41) is 7.41. The molecule has 0 fully saturated rings. The van der Waals surface area contributed by atoms with Gasteiger partial charge in [0.15, 0.2) is 0 Å². The third-order valence-corrected chi connectivity index (χ3v) is 3.15. The zero-order chi connectivity index (χ0) is 13.7. The Hall–Kier alpha value is -1.82. The molecule has 1 N–H and O–H groups in total. The van der Waals surface area contributed by atoms with E-state index in [-0.39, 0.29) is 5.92 Å². The highest BCUT2D eigenvalue weighted by Gasteiger charge is 2.22. The summed E-state index contributed by atoms with van der Waals surface area (Å²) < 4.78 is 5.35. The summed E-state index contributed by atoms with van der Waals surface area (Å²) in [6.07, 6.45) is 4.15. The fraction of sp³-hybridized carbons (Fsp3) is 0.538. The van der Waals surface area contributed by atoms with Crippen LogP contribution in [0.5, 0.6) is 0 Å². The Kier molecular flexibility index (Phi) is 4.57. The normalized spacial score (nSPS) is 14.3. The zero-order valence-corrected chi connectivity index (χ0v) is 11.5. The molecule has 2 aromatic rings. The molecule has 6 heteroatoms. The molecule has 0 saturated heterocycles. The van der Waals surface area contributed by atoms with Crippen LogP contribution in [0.15, 0.2) is 23.1 Å². The summed E-state index contributed by atoms with van der Waals surface area (Å²) in [7, 11) is 0. The monoisotopic (exact) mass is 261 g/mol. The van der Waals surface area contributed by atoms with Crippen molar-refractivity contribution in [2.75, 3.05) is 6.54 Å². The van der Waals surface area contributed by atoms with E-state index in [2.05, 4.69) is 46.2 Å². The average Bonchev–Trinajstić information content (AvgIpc) is 2.95. The average molecular weight is 261 g/mol. The Morgan fingerprint density at radius 2 is 2.21 bits per heavy atom. The van der Waals surface area contributed by atoms with Gasteiger partial charge in [-0.05, 0) is 19.0 Å². The Labute approximate surface area is 112 Å². The number of hydrogen-bond donors (Lipinski definition) is 1. The molecule has 0 aliphatic carbocycles. The summed E-state index contributed by atoms with van der Waals surface area (Å²) in [5.41, 5.74) is 0.675. The lowest BCUT2D eigenvalue weighted by Crippen LogP contribution is -2.33. The third-order valence-electron chi connectivity index (χ3n) is 3.15. The van der Waals surface area contributed by atoms with Gasteiger partial charge in [0.25, 0.3) is 0 Å². The van der Waals surface area contributed by atoms with Gasteiger partial charge in [0.1, 0.15) is 12.0 Å². The molecule has 2 aromatic heterocycles. The molecule has 2 heterocycles. The summed E-state index contributed by atoms with van der Waals surface area (Å²) >= 11 is 0. The van der Waals surface area contributed by atoms with E-state index in [0.29, 0.717) is 23.5 Å². The van der Waals surface area contributed by atoms with Crippen molar-refractivity contribution >= 4 is 0 Å². The molecule has 6 nitrogen and oxygen atoms in total. The number of rotatable bonds is 6. The summed E-state index contributed by atoms with van der Waals surface area (Å²) in [6.45, 7) is 7.25. The number of hydrogen-bond acceptors (Lipinski definition) is 6. The summed E-state index contributed by atoms with van der Waals surface area (Å²) in [6, 6.07) is 2.10. The molecule has 2 atom stereocenters. The number of nitrogens with zero attached hydrogens (tertiary/aromatic N) is 4. The number of likely N-dealkylation sites (N-methyl/N-ethyl adjacent to an activating group) is 1. The largest absolute Gasteiger partial charge is 0.339 e. The van der Waals surface area contributed by atoms with Gasteiger partial charge in [-0.3, -0.25) is 0 Å². The van der Waals surface area contributed by atoms with E-state index in [1.807, 2.05) is 0 Å². The van der Waals surface area contributed by atoms with E-state index in [1.54, 1.807) is 12.3 Å². The molecule has 19 heavy (non-hydrogen) atoms. The maximum Gasteiger partial charge on any atom is 0.231 e. The highest BCUT2D eigenvalue weighted by atomic mass is 16.5. The van der Waals surface area contributed by atoms with Gasteiger partial charge in [0.2, 0.25) is 11.7 Å². The first-order chi connectivity index (χ1) is 9.26. The minimum atomic E-state index is 0.174. The Morgan fingerprint density at radius 3 is 2.84 bits per heavy atom. The second-order valence-electron chi connectivity index (χ2n) is 4.41. The highest BCUT2D eigenvalue weighted by molar-refractivity contribution is 5.46. The van der Waals surface area contributed by atoms with Crippen LogP contribution in [0.4, 0.5) is 0 Å². The zero-order valence-electron chi connectivity index (χ0n) is 11.5. The standard InChI is InChI=1S/C13H19N5O/c1-4-10(15-5-2)9(3)13-17-12(18-19-13)11-6-7-14-8-16-11/h6-10,15H,4-5H2,1-3H3. The predicted octanol–water partition coefficient (Wildman–Crippen LogP) is 2.02. The quantitative estimate of drug-likeness (QED) is 0.857. The first kappa shape index (κ1) is 13.6. The van der Waals surface area contributed by atoms with Crippen molar-refractivity contribution in [3.63, 3.8) is 0 Å². The number of nitrogens with one attached hydrogen (secondary N) is 1. The molecule has 0 bridgehead atoms. The Balaban J connectivity index is 2.16. The van der Waals surface area contributed by atoms with Crippen LogP contribution in [0.25, 0.3) is 11.5 Å². The van der Waals surface area contributed by atoms with Crippen LogP contribution in [-0.2, 0) is 0 Å². The lowest BCUT2D eigenvalue weighted by Gasteiger charge is -2.20. The van der Waals surface area contributed by atoms with Gasteiger partial charge in [-0.25, -0.2) is 9.97 Å². The SMILES string of the molecule is CCNC(CC)C(C)c1nc(-c2ccncn2)no1. The second kappa shape index (κ2) is 6.38. The molecule has 2 rings (SSSR count). The van der Waals surface area contributed by atoms with Crippen LogP contribution in [0, 0.1) is 0 Å². The lowest BCUT2D eigenvalue weighted by atomic mass is 9.99. The predicted molar refractivity (Wildman–Crippen MR) is 71.5 cm³/mol.